The van der Waals surface area contributed by atoms with Crippen molar-refractivity contribution in [2.45, 2.75) is 47.1 Å². The molecular formula is C17H27NO3. The molecule has 0 bridgehead atoms. The third-order valence-corrected chi connectivity index (χ3v) is 3.48. The number of benzene rings is 1. The number of hydrogen-bond donors (Lipinski definition) is 1. The van der Waals surface area contributed by atoms with Crippen LogP contribution < -0.4 is 10.1 Å². The fraction of sp³-hybridized carbons (Fsp3) is 0.588. The van der Waals surface area contributed by atoms with Gasteiger partial charge in [-0.2, -0.15) is 0 Å². The molecule has 4 heteroatoms. The number of carbonyl (C=O) groups excluding carboxylic acids is 1. The second-order valence-electron chi connectivity index (χ2n) is 5.22. The molecule has 1 atom stereocenters. The van der Waals surface area contributed by atoms with Gasteiger partial charge < -0.3 is 14.8 Å². The Bertz CT molecular complexity index is 471. The van der Waals surface area contributed by atoms with E-state index in [9.17, 15) is 4.79 Å². The van der Waals surface area contributed by atoms with Crippen molar-refractivity contribution in [1.29, 1.82) is 0 Å². The first-order chi connectivity index (χ1) is 10.0. The van der Waals surface area contributed by atoms with E-state index in [1.165, 1.54) is 5.56 Å². The van der Waals surface area contributed by atoms with Gasteiger partial charge in [0.15, 0.2) is 0 Å². The van der Waals surface area contributed by atoms with Crippen molar-refractivity contribution >= 4 is 5.97 Å². The number of aryl methyl sites for hydroxylation is 2. The molecule has 1 unspecified atom stereocenters. The lowest BCUT2D eigenvalue weighted by atomic mass is 10.1. The zero-order valence-electron chi connectivity index (χ0n) is 13.8. The molecule has 118 valence electrons. The summed E-state index contributed by atoms with van der Waals surface area (Å²) in [6.07, 6.45) is 0.957. The maximum atomic E-state index is 11.9. The van der Waals surface area contributed by atoms with Crippen LogP contribution in [0.4, 0.5) is 0 Å². The molecule has 4 nitrogen and oxygen atoms in total. The summed E-state index contributed by atoms with van der Waals surface area (Å²) in [4.78, 5) is 11.9. The number of carbonyl (C=O) groups is 1. The van der Waals surface area contributed by atoms with Crippen LogP contribution in [0.1, 0.15) is 37.0 Å². The first kappa shape index (κ1) is 17.5. The second kappa shape index (κ2) is 8.67. The molecule has 1 rings (SSSR count). The number of esters is 1. The van der Waals surface area contributed by atoms with Gasteiger partial charge in [-0.15, -0.1) is 0 Å². The highest BCUT2D eigenvalue weighted by molar-refractivity contribution is 5.76. The molecule has 0 heterocycles. The van der Waals surface area contributed by atoms with Crippen LogP contribution >= 0.6 is 0 Å². The fourth-order valence-corrected chi connectivity index (χ4v) is 2.09. The lowest BCUT2D eigenvalue weighted by Crippen LogP contribution is -2.43. The molecule has 0 aliphatic rings. The lowest BCUT2D eigenvalue weighted by molar-refractivity contribution is -0.146. The molecular weight excluding hydrogens is 266 g/mol. The van der Waals surface area contributed by atoms with Gasteiger partial charge in [-0.3, -0.25) is 4.79 Å². The largest absolute Gasteiger partial charge is 0.491 e. The fourth-order valence-electron chi connectivity index (χ4n) is 2.09. The van der Waals surface area contributed by atoms with Crippen LogP contribution in [0.25, 0.3) is 0 Å². The number of nitrogens with one attached hydrogen (secondary N) is 1. The van der Waals surface area contributed by atoms with Gasteiger partial charge in [0.1, 0.15) is 18.4 Å². The Morgan fingerprint density at radius 3 is 2.48 bits per heavy atom. The van der Waals surface area contributed by atoms with Gasteiger partial charge in [0.2, 0.25) is 0 Å². The van der Waals surface area contributed by atoms with Crippen molar-refractivity contribution in [2.75, 3.05) is 19.8 Å². The number of rotatable bonds is 8. The van der Waals surface area contributed by atoms with Crippen LogP contribution in [0, 0.1) is 20.8 Å². The molecule has 0 aliphatic heterocycles. The van der Waals surface area contributed by atoms with Gasteiger partial charge in [-0.05, 0) is 57.4 Å². The molecule has 21 heavy (non-hydrogen) atoms. The standard InChI is InChI=1S/C17H27NO3/c1-6-10-18-15(17(19)20-7-2)11-21-16-13(4)9-8-12(3)14(16)5/h8-9,15,18H,6-7,10-11H2,1-5H3. The van der Waals surface area contributed by atoms with Gasteiger partial charge in [-0.25, -0.2) is 0 Å². The Morgan fingerprint density at radius 2 is 1.86 bits per heavy atom. The maximum Gasteiger partial charge on any atom is 0.326 e. The van der Waals surface area contributed by atoms with Gasteiger partial charge in [0.25, 0.3) is 0 Å². The summed E-state index contributed by atoms with van der Waals surface area (Å²) < 4.78 is 11.0. The van der Waals surface area contributed by atoms with E-state index in [-0.39, 0.29) is 12.6 Å². The van der Waals surface area contributed by atoms with Crippen LogP contribution in [-0.4, -0.2) is 31.8 Å². The van der Waals surface area contributed by atoms with Crippen LogP contribution in [0.5, 0.6) is 5.75 Å². The highest BCUT2D eigenvalue weighted by Crippen LogP contribution is 2.25. The highest BCUT2D eigenvalue weighted by Gasteiger charge is 2.20. The monoisotopic (exact) mass is 293 g/mol. The zero-order valence-corrected chi connectivity index (χ0v) is 13.8. The van der Waals surface area contributed by atoms with Crippen LogP contribution in [0.15, 0.2) is 12.1 Å². The topological polar surface area (TPSA) is 47.6 Å². The zero-order chi connectivity index (χ0) is 15.8. The molecule has 0 aromatic heterocycles. The number of hydrogen-bond acceptors (Lipinski definition) is 4. The summed E-state index contributed by atoms with van der Waals surface area (Å²) in [5, 5.41) is 3.18. The number of ether oxygens (including phenoxy) is 2. The summed E-state index contributed by atoms with van der Waals surface area (Å²) in [6.45, 7) is 11.4. The average molecular weight is 293 g/mol. The third kappa shape index (κ3) is 5.05. The summed E-state index contributed by atoms with van der Waals surface area (Å²) >= 11 is 0. The Balaban J connectivity index is 2.76. The van der Waals surface area contributed by atoms with E-state index in [4.69, 9.17) is 9.47 Å². The lowest BCUT2D eigenvalue weighted by Gasteiger charge is -2.20. The molecule has 0 fully saturated rings. The van der Waals surface area contributed by atoms with Gasteiger partial charge in [-0.1, -0.05) is 19.1 Å². The summed E-state index contributed by atoms with van der Waals surface area (Å²) in [7, 11) is 0. The predicted octanol–water partition coefficient (Wildman–Crippen LogP) is 2.92. The van der Waals surface area contributed by atoms with E-state index < -0.39 is 6.04 Å². The maximum absolute atomic E-state index is 11.9. The van der Waals surface area contributed by atoms with Crippen LogP contribution in [0.3, 0.4) is 0 Å². The molecule has 1 N–H and O–H groups in total. The SMILES string of the molecule is CCCNC(COc1c(C)ccc(C)c1C)C(=O)OCC. The Labute approximate surface area is 127 Å². The average Bonchev–Trinajstić information content (AvgIpc) is 2.46. The first-order valence-corrected chi connectivity index (χ1v) is 7.60. The summed E-state index contributed by atoms with van der Waals surface area (Å²) in [5.41, 5.74) is 3.38. The van der Waals surface area contributed by atoms with E-state index in [1.807, 2.05) is 26.8 Å². The molecule has 0 amide bonds. The normalized spacial score (nSPS) is 12.0. The highest BCUT2D eigenvalue weighted by atomic mass is 16.5. The van der Waals surface area contributed by atoms with Crippen molar-refractivity contribution in [3.05, 3.63) is 28.8 Å². The van der Waals surface area contributed by atoms with Crippen molar-refractivity contribution in [1.82, 2.24) is 5.32 Å². The Kier molecular flexibility index (Phi) is 7.23. The molecule has 0 aliphatic carbocycles. The molecule has 0 radical (unpaired) electrons. The minimum atomic E-state index is -0.427. The van der Waals surface area contributed by atoms with E-state index >= 15 is 0 Å². The molecule has 0 saturated heterocycles. The van der Waals surface area contributed by atoms with Crippen molar-refractivity contribution in [3.8, 4) is 5.75 Å². The van der Waals surface area contributed by atoms with E-state index in [0.717, 1.165) is 29.8 Å². The van der Waals surface area contributed by atoms with Gasteiger partial charge in [0, 0.05) is 0 Å². The Morgan fingerprint density at radius 1 is 1.19 bits per heavy atom. The van der Waals surface area contributed by atoms with Gasteiger partial charge in [0.05, 0.1) is 6.61 Å². The predicted molar refractivity (Wildman–Crippen MR) is 84.9 cm³/mol. The Hall–Kier alpha value is -1.55. The van der Waals surface area contributed by atoms with Crippen molar-refractivity contribution in [2.24, 2.45) is 0 Å². The minimum Gasteiger partial charge on any atom is -0.491 e. The summed E-state index contributed by atoms with van der Waals surface area (Å²) in [6, 6.07) is 3.69. The van der Waals surface area contributed by atoms with Crippen molar-refractivity contribution in [3.63, 3.8) is 0 Å². The molecule has 1 aromatic rings. The van der Waals surface area contributed by atoms with Crippen LogP contribution in [0.2, 0.25) is 0 Å². The molecule has 0 spiro atoms. The second-order valence-corrected chi connectivity index (χ2v) is 5.22. The summed E-state index contributed by atoms with van der Waals surface area (Å²) in [5.74, 6) is 0.608. The first-order valence-electron chi connectivity index (χ1n) is 7.60. The van der Waals surface area contributed by atoms with E-state index in [1.54, 1.807) is 0 Å². The minimum absolute atomic E-state index is 0.256. The third-order valence-electron chi connectivity index (χ3n) is 3.48. The molecule has 1 aromatic carbocycles. The van der Waals surface area contributed by atoms with Crippen molar-refractivity contribution < 1.29 is 14.3 Å². The van der Waals surface area contributed by atoms with E-state index in [2.05, 4.69) is 25.2 Å². The van der Waals surface area contributed by atoms with Gasteiger partial charge >= 0.3 is 5.97 Å². The van der Waals surface area contributed by atoms with Crippen LogP contribution in [-0.2, 0) is 9.53 Å². The smallest absolute Gasteiger partial charge is 0.326 e. The quantitative estimate of drug-likeness (QED) is 0.749. The van der Waals surface area contributed by atoms with E-state index in [0.29, 0.717) is 6.61 Å². The molecule has 0 saturated carbocycles.